The first kappa shape index (κ1) is 16.3. The Bertz CT molecular complexity index is 914. The topological polar surface area (TPSA) is 63.2 Å². The van der Waals surface area contributed by atoms with Crippen LogP contribution >= 0.6 is 0 Å². The second-order valence-corrected chi connectivity index (χ2v) is 6.24. The zero-order valence-electron chi connectivity index (χ0n) is 14.9. The van der Waals surface area contributed by atoms with Gasteiger partial charge in [-0.05, 0) is 44.0 Å². The number of rotatable bonds is 5. The Morgan fingerprint density at radius 2 is 1.96 bits per heavy atom. The van der Waals surface area contributed by atoms with Gasteiger partial charge in [0.1, 0.15) is 5.75 Å². The average molecular weight is 347 g/mol. The fraction of sp³-hybridized carbons (Fsp3) is 0.250. The first-order chi connectivity index (χ1) is 12.8. The molecule has 0 bridgehead atoms. The molecule has 2 aromatic carbocycles. The molecule has 1 unspecified atom stereocenters. The van der Waals surface area contributed by atoms with Gasteiger partial charge in [-0.3, -0.25) is 0 Å². The van der Waals surface area contributed by atoms with Crippen molar-refractivity contribution in [3.05, 3.63) is 60.3 Å². The van der Waals surface area contributed by atoms with Crippen molar-refractivity contribution in [1.29, 1.82) is 0 Å². The van der Waals surface area contributed by atoms with Crippen LogP contribution < -0.4 is 15.0 Å². The van der Waals surface area contributed by atoms with E-state index in [1.54, 1.807) is 6.20 Å². The smallest absolute Gasteiger partial charge is 0.249 e. The number of para-hydroxylation sites is 3. The quantitative estimate of drug-likeness (QED) is 0.750. The average Bonchev–Trinajstić information content (AvgIpc) is 2.99. The zero-order valence-corrected chi connectivity index (χ0v) is 14.9. The van der Waals surface area contributed by atoms with Gasteiger partial charge in [0.2, 0.25) is 5.95 Å². The summed E-state index contributed by atoms with van der Waals surface area (Å²) in [5.41, 5.74) is 3.33. The van der Waals surface area contributed by atoms with E-state index >= 15 is 0 Å². The molecule has 0 aliphatic carbocycles. The van der Waals surface area contributed by atoms with Crippen LogP contribution in [0.25, 0.3) is 0 Å². The van der Waals surface area contributed by atoms with E-state index in [0.29, 0.717) is 18.6 Å². The van der Waals surface area contributed by atoms with Gasteiger partial charge in [-0.25, -0.2) is 0 Å². The summed E-state index contributed by atoms with van der Waals surface area (Å²) in [7, 11) is 0. The largest absolute Gasteiger partial charge is 0.492 e. The summed E-state index contributed by atoms with van der Waals surface area (Å²) in [6.45, 7) is 4.75. The molecular weight excluding hydrogens is 326 g/mol. The molecule has 3 aromatic rings. The highest BCUT2D eigenvalue weighted by Crippen LogP contribution is 2.37. The molecule has 1 aliphatic rings. The van der Waals surface area contributed by atoms with Gasteiger partial charge in [0.25, 0.3) is 0 Å². The van der Waals surface area contributed by atoms with Crippen LogP contribution in [0, 0.1) is 0 Å². The standard InChI is InChI=1S/C20H21N5O/c1-3-26-18-11-7-5-9-16(18)22-20-23-19(13-21-24-20)25-14(2)12-15-8-4-6-10-17(15)25/h4-11,13-14H,3,12H2,1-2H3,(H,22,23,24). The zero-order chi connectivity index (χ0) is 17.9. The van der Waals surface area contributed by atoms with Gasteiger partial charge < -0.3 is 15.0 Å². The molecule has 0 fully saturated rings. The molecule has 132 valence electrons. The number of ether oxygens (including phenoxy) is 1. The first-order valence-electron chi connectivity index (χ1n) is 8.82. The van der Waals surface area contributed by atoms with Gasteiger partial charge in [-0.1, -0.05) is 30.3 Å². The van der Waals surface area contributed by atoms with E-state index in [-0.39, 0.29) is 0 Å². The van der Waals surface area contributed by atoms with Crippen LogP contribution in [0.2, 0.25) is 0 Å². The molecule has 0 radical (unpaired) electrons. The molecule has 4 rings (SSSR count). The Morgan fingerprint density at radius 1 is 1.15 bits per heavy atom. The molecule has 26 heavy (non-hydrogen) atoms. The summed E-state index contributed by atoms with van der Waals surface area (Å²) in [6.07, 6.45) is 2.70. The Labute approximate surface area is 152 Å². The number of anilines is 4. The molecule has 1 aromatic heterocycles. The van der Waals surface area contributed by atoms with Crippen LogP contribution in [0.3, 0.4) is 0 Å². The van der Waals surface area contributed by atoms with Crippen LogP contribution in [0.15, 0.2) is 54.7 Å². The summed E-state index contributed by atoms with van der Waals surface area (Å²) < 4.78 is 5.65. The molecule has 0 amide bonds. The van der Waals surface area contributed by atoms with Crippen molar-refractivity contribution in [2.75, 3.05) is 16.8 Å². The highest BCUT2D eigenvalue weighted by molar-refractivity contribution is 5.69. The molecule has 1 N–H and O–H groups in total. The third-order valence-electron chi connectivity index (χ3n) is 4.43. The first-order valence-corrected chi connectivity index (χ1v) is 8.82. The lowest BCUT2D eigenvalue weighted by atomic mass is 10.1. The molecule has 6 nitrogen and oxygen atoms in total. The van der Waals surface area contributed by atoms with Crippen molar-refractivity contribution < 1.29 is 4.74 Å². The molecule has 0 spiro atoms. The minimum atomic E-state index is 0.327. The minimum Gasteiger partial charge on any atom is -0.492 e. The van der Waals surface area contributed by atoms with Gasteiger partial charge in [0.15, 0.2) is 5.82 Å². The lowest BCUT2D eigenvalue weighted by Gasteiger charge is -2.23. The molecule has 1 aliphatic heterocycles. The predicted octanol–water partition coefficient (Wildman–Crippen LogP) is 4.10. The van der Waals surface area contributed by atoms with Gasteiger partial charge >= 0.3 is 0 Å². The van der Waals surface area contributed by atoms with E-state index in [2.05, 4.69) is 56.6 Å². The number of nitrogens with one attached hydrogen (secondary N) is 1. The summed E-state index contributed by atoms with van der Waals surface area (Å²) in [5, 5.41) is 11.5. The van der Waals surface area contributed by atoms with Crippen LogP contribution in [0.4, 0.5) is 23.1 Å². The van der Waals surface area contributed by atoms with Crippen molar-refractivity contribution in [3.8, 4) is 5.75 Å². The van der Waals surface area contributed by atoms with Gasteiger partial charge in [-0.15, -0.1) is 5.10 Å². The summed E-state index contributed by atoms with van der Waals surface area (Å²) in [4.78, 5) is 6.90. The Morgan fingerprint density at radius 3 is 2.85 bits per heavy atom. The molecule has 2 heterocycles. The Balaban J connectivity index is 1.64. The van der Waals surface area contributed by atoms with Crippen molar-refractivity contribution in [2.24, 2.45) is 0 Å². The van der Waals surface area contributed by atoms with E-state index in [9.17, 15) is 0 Å². The van der Waals surface area contributed by atoms with Gasteiger partial charge in [-0.2, -0.15) is 10.1 Å². The van der Waals surface area contributed by atoms with Crippen molar-refractivity contribution in [2.45, 2.75) is 26.3 Å². The number of hydrogen-bond donors (Lipinski definition) is 1. The minimum absolute atomic E-state index is 0.327. The number of aromatic nitrogens is 3. The number of nitrogens with zero attached hydrogens (tertiary/aromatic N) is 4. The Kier molecular flexibility index (Phi) is 4.39. The fourth-order valence-corrected chi connectivity index (χ4v) is 3.35. The monoisotopic (exact) mass is 347 g/mol. The van der Waals surface area contributed by atoms with E-state index in [1.165, 1.54) is 11.3 Å². The third kappa shape index (κ3) is 3.06. The third-order valence-corrected chi connectivity index (χ3v) is 4.43. The van der Waals surface area contributed by atoms with E-state index in [4.69, 9.17) is 4.74 Å². The summed E-state index contributed by atoms with van der Waals surface area (Å²) in [6, 6.07) is 16.5. The van der Waals surface area contributed by atoms with Crippen LogP contribution in [-0.4, -0.2) is 27.8 Å². The summed E-state index contributed by atoms with van der Waals surface area (Å²) >= 11 is 0. The molecule has 0 saturated carbocycles. The maximum absolute atomic E-state index is 5.65. The highest BCUT2D eigenvalue weighted by atomic mass is 16.5. The fourth-order valence-electron chi connectivity index (χ4n) is 3.35. The van der Waals surface area contributed by atoms with Crippen LogP contribution in [0.1, 0.15) is 19.4 Å². The van der Waals surface area contributed by atoms with E-state index in [1.807, 2.05) is 31.2 Å². The van der Waals surface area contributed by atoms with Gasteiger partial charge in [0, 0.05) is 11.7 Å². The van der Waals surface area contributed by atoms with Crippen LogP contribution in [0.5, 0.6) is 5.75 Å². The molecule has 1 atom stereocenters. The van der Waals surface area contributed by atoms with Gasteiger partial charge in [0.05, 0.1) is 18.5 Å². The van der Waals surface area contributed by atoms with E-state index in [0.717, 1.165) is 23.7 Å². The molecular formula is C20H21N5O. The van der Waals surface area contributed by atoms with Crippen molar-refractivity contribution >= 4 is 23.1 Å². The van der Waals surface area contributed by atoms with Crippen molar-refractivity contribution in [1.82, 2.24) is 15.2 Å². The van der Waals surface area contributed by atoms with Crippen LogP contribution in [-0.2, 0) is 6.42 Å². The SMILES string of the molecule is CCOc1ccccc1Nc1nncc(N2c3ccccc3CC2C)n1. The number of hydrogen-bond acceptors (Lipinski definition) is 6. The number of benzene rings is 2. The maximum atomic E-state index is 5.65. The maximum Gasteiger partial charge on any atom is 0.249 e. The predicted molar refractivity (Wildman–Crippen MR) is 102 cm³/mol. The van der Waals surface area contributed by atoms with Crippen molar-refractivity contribution in [3.63, 3.8) is 0 Å². The molecule has 6 heteroatoms. The summed E-state index contributed by atoms with van der Waals surface area (Å²) in [5.74, 6) is 2.00. The normalized spacial score (nSPS) is 15.6. The lowest BCUT2D eigenvalue weighted by Crippen LogP contribution is -2.25. The van der Waals surface area contributed by atoms with E-state index < -0.39 is 0 Å². The molecule has 0 saturated heterocycles. The second-order valence-electron chi connectivity index (χ2n) is 6.24. The lowest BCUT2D eigenvalue weighted by molar-refractivity contribution is 0.342. The Hall–Kier alpha value is -3.15. The number of fused-ring (bicyclic) bond motifs is 1. The highest BCUT2D eigenvalue weighted by Gasteiger charge is 2.28. The second kappa shape index (κ2) is 7.00.